The Morgan fingerprint density at radius 2 is 1.76 bits per heavy atom. The zero-order valence-corrected chi connectivity index (χ0v) is 19.0. The molecule has 0 aliphatic carbocycles. The number of hydrogen-bond acceptors (Lipinski definition) is 6. The smallest absolute Gasteiger partial charge is 0.291 e. The van der Waals surface area contributed by atoms with Crippen molar-refractivity contribution in [3.63, 3.8) is 0 Å². The number of nitrogens with zero attached hydrogens (tertiary/aromatic N) is 2. The molecular formula is C27H24N2O5. The van der Waals surface area contributed by atoms with Crippen LogP contribution in [0.3, 0.4) is 0 Å². The molecule has 0 saturated heterocycles. The van der Waals surface area contributed by atoms with Crippen LogP contribution in [-0.2, 0) is 6.54 Å². The minimum absolute atomic E-state index is 0.0736. The van der Waals surface area contributed by atoms with Crippen LogP contribution in [-0.4, -0.2) is 29.0 Å². The highest BCUT2D eigenvalue weighted by atomic mass is 16.5. The number of ether oxygens (including phenoxy) is 2. The molecule has 7 heteroatoms. The number of aromatic nitrogens is 1. The summed E-state index contributed by atoms with van der Waals surface area (Å²) in [5, 5.41) is 0.443. The first-order valence-electron chi connectivity index (χ1n) is 11.3. The number of benzene rings is 2. The summed E-state index contributed by atoms with van der Waals surface area (Å²) in [6, 6.07) is 15.6. The number of rotatable bonds is 7. The van der Waals surface area contributed by atoms with E-state index in [1.54, 1.807) is 41.6 Å². The normalized spacial score (nSPS) is 14.9. The lowest BCUT2D eigenvalue weighted by Gasteiger charge is -2.26. The molecule has 0 radical (unpaired) electrons. The minimum atomic E-state index is -0.640. The van der Waals surface area contributed by atoms with Gasteiger partial charge in [0.1, 0.15) is 5.58 Å². The number of pyridine rings is 1. The number of amides is 1. The molecule has 2 aromatic heterocycles. The van der Waals surface area contributed by atoms with Crippen molar-refractivity contribution in [1.29, 1.82) is 0 Å². The van der Waals surface area contributed by atoms with Gasteiger partial charge in [-0.2, -0.15) is 0 Å². The Balaban J connectivity index is 1.71. The summed E-state index contributed by atoms with van der Waals surface area (Å²) in [7, 11) is 0. The fourth-order valence-electron chi connectivity index (χ4n) is 4.40. The molecule has 0 saturated carbocycles. The Hall–Kier alpha value is -4.13. The minimum Gasteiger partial charge on any atom is -0.490 e. The predicted molar refractivity (Wildman–Crippen MR) is 127 cm³/mol. The summed E-state index contributed by atoms with van der Waals surface area (Å²) in [5.74, 6) is 0.916. The number of carbonyl (C=O) groups is 1. The molecule has 0 bridgehead atoms. The quantitative estimate of drug-likeness (QED) is 0.400. The maximum absolute atomic E-state index is 13.6. The monoisotopic (exact) mass is 456 g/mol. The van der Waals surface area contributed by atoms with Crippen molar-refractivity contribution in [2.45, 2.75) is 26.4 Å². The van der Waals surface area contributed by atoms with Crippen molar-refractivity contribution in [1.82, 2.24) is 9.88 Å². The molecule has 1 atom stereocenters. The Labute approximate surface area is 196 Å². The molecule has 1 unspecified atom stereocenters. The second-order valence-electron chi connectivity index (χ2n) is 7.94. The van der Waals surface area contributed by atoms with E-state index in [4.69, 9.17) is 13.9 Å². The molecule has 34 heavy (non-hydrogen) atoms. The molecule has 4 aromatic rings. The van der Waals surface area contributed by atoms with Gasteiger partial charge in [-0.15, -0.1) is 0 Å². The number of carbonyl (C=O) groups excluding carboxylic acids is 1. The van der Waals surface area contributed by atoms with E-state index in [1.807, 2.05) is 44.2 Å². The molecule has 0 N–H and O–H groups in total. The van der Waals surface area contributed by atoms with Crippen molar-refractivity contribution < 1.29 is 18.7 Å². The average Bonchev–Trinajstić information content (AvgIpc) is 3.13. The van der Waals surface area contributed by atoms with Crippen LogP contribution in [0.25, 0.3) is 11.0 Å². The summed E-state index contributed by atoms with van der Waals surface area (Å²) >= 11 is 0. The van der Waals surface area contributed by atoms with E-state index in [1.165, 1.54) is 0 Å². The van der Waals surface area contributed by atoms with Gasteiger partial charge in [0, 0.05) is 18.9 Å². The zero-order chi connectivity index (χ0) is 23.7. The summed E-state index contributed by atoms with van der Waals surface area (Å²) < 4.78 is 17.5. The van der Waals surface area contributed by atoms with Crippen molar-refractivity contribution in [2.75, 3.05) is 13.2 Å². The van der Waals surface area contributed by atoms with Crippen molar-refractivity contribution in [2.24, 2.45) is 0 Å². The molecular weight excluding hydrogens is 432 g/mol. The summed E-state index contributed by atoms with van der Waals surface area (Å²) in [4.78, 5) is 33.0. The van der Waals surface area contributed by atoms with Crippen LogP contribution in [0.15, 0.2) is 76.2 Å². The maximum Gasteiger partial charge on any atom is 0.291 e. The fraction of sp³-hybridized carbons (Fsp3) is 0.222. The first kappa shape index (κ1) is 21.7. The highest BCUT2D eigenvalue weighted by Gasteiger charge is 2.43. The van der Waals surface area contributed by atoms with Gasteiger partial charge in [0.25, 0.3) is 5.91 Å². The van der Waals surface area contributed by atoms with Crippen LogP contribution in [0.4, 0.5) is 0 Å². The second-order valence-corrected chi connectivity index (χ2v) is 7.94. The van der Waals surface area contributed by atoms with Crippen LogP contribution in [0.5, 0.6) is 11.5 Å². The third-order valence-corrected chi connectivity index (χ3v) is 5.83. The Bertz CT molecular complexity index is 1410. The molecule has 2 aromatic carbocycles. The van der Waals surface area contributed by atoms with E-state index in [9.17, 15) is 9.59 Å². The Kier molecular flexibility index (Phi) is 5.76. The van der Waals surface area contributed by atoms with E-state index < -0.39 is 6.04 Å². The van der Waals surface area contributed by atoms with Gasteiger partial charge >= 0.3 is 0 Å². The highest BCUT2D eigenvalue weighted by molar-refractivity contribution is 5.99. The number of para-hydroxylation sites is 1. The maximum atomic E-state index is 13.6. The lowest BCUT2D eigenvalue weighted by atomic mass is 9.98. The molecule has 7 nitrogen and oxygen atoms in total. The first-order chi connectivity index (χ1) is 16.6. The van der Waals surface area contributed by atoms with Gasteiger partial charge in [0.15, 0.2) is 16.9 Å². The predicted octanol–water partition coefficient (Wildman–Crippen LogP) is 4.73. The highest BCUT2D eigenvalue weighted by Crippen LogP contribution is 2.41. The standard InChI is InChI=1S/C27H24N2O5/c1-3-32-21-12-11-18(14-22(21)33-4-2)24-23-25(30)19-9-5-6-10-20(19)34-26(23)27(31)29(24)16-17-8-7-13-28-15-17/h5-15,24H,3-4,16H2,1-2H3. The van der Waals surface area contributed by atoms with Gasteiger partial charge in [-0.05, 0) is 55.3 Å². The molecule has 3 heterocycles. The van der Waals surface area contributed by atoms with Crippen LogP contribution in [0.1, 0.15) is 47.1 Å². The van der Waals surface area contributed by atoms with E-state index in [2.05, 4.69) is 4.98 Å². The molecule has 0 spiro atoms. The van der Waals surface area contributed by atoms with Crippen LogP contribution in [0, 0.1) is 0 Å². The summed E-state index contributed by atoms with van der Waals surface area (Å²) in [6.07, 6.45) is 3.39. The van der Waals surface area contributed by atoms with E-state index in [0.717, 1.165) is 11.1 Å². The van der Waals surface area contributed by atoms with Gasteiger partial charge in [-0.25, -0.2) is 0 Å². The van der Waals surface area contributed by atoms with Crippen molar-refractivity contribution in [3.8, 4) is 11.5 Å². The topological polar surface area (TPSA) is 81.9 Å². The molecule has 1 amide bonds. The third kappa shape index (κ3) is 3.69. The zero-order valence-electron chi connectivity index (χ0n) is 19.0. The first-order valence-corrected chi connectivity index (χ1v) is 11.3. The lowest BCUT2D eigenvalue weighted by Crippen LogP contribution is -2.29. The molecule has 172 valence electrons. The molecule has 1 aliphatic rings. The van der Waals surface area contributed by atoms with Gasteiger partial charge in [0.2, 0.25) is 5.76 Å². The van der Waals surface area contributed by atoms with Crippen molar-refractivity contribution >= 4 is 16.9 Å². The molecule has 0 fully saturated rings. The Morgan fingerprint density at radius 1 is 0.971 bits per heavy atom. The summed E-state index contributed by atoms with van der Waals surface area (Å²) in [5.41, 5.74) is 2.10. The van der Waals surface area contributed by atoms with E-state index in [-0.39, 0.29) is 23.6 Å². The molecule has 1 aliphatic heterocycles. The van der Waals surface area contributed by atoms with Gasteiger partial charge in [0.05, 0.1) is 30.2 Å². The van der Waals surface area contributed by atoms with Crippen molar-refractivity contribution in [3.05, 3.63) is 99.7 Å². The van der Waals surface area contributed by atoms with Crippen LogP contribution < -0.4 is 14.9 Å². The van der Waals surface area contributed by atoms with Crippen LogP contribution in [0.2, 0.25) is 0 Å². The van der Waals surface area contributed by atoms with E-state index >= 15 is 0 Å². The number of hydrogen-bond donors (Lipinski definition) is 0. The van der Waals surface area contributed by atoms with Gasteiger partial charge in [-0.1, -0.05) is 24.3 Å². The summed E-state index contributed by atoms with van der Waals surface area (Å²) in [6.45, 7) is 5.02. The second kappa shape index (κ2) is 9.02. The van der Waals surface area contributed by atoms with Crippen LogP contribution >= 0.6 is 0 Å². The lowest BCUT2D eigenvalue weighted by molar-refractivity contribution is 0.0714. The SMILES string of the molecule is CCOc1ccc(C2c3c(oc4ccccc4c3=O)C(=O)N2Cc2cccnc2)cc1OCC. The molecule has 5 rings (SSSR count). The third-order valence-electron chi connectivity index (χ3n) is 5.83. The fourth-order valence-corrected chi connectivity index (χ4v) is 4.40. The number of fused-ring (bicyclic) bond motifs is 2. The Morgan fingerprint density at radius 3 is 2.53 bits per heavy atom. The largest absolute Gasteiger partial charge is 0.490 e. The average molecular weight is 456 g/mol. The van der Waals surface area contributed by atoms with E-state index in [0.29, 0.717) is 41.2 Å². The van der Waals surface area contributed by atoms with Gasteiger partial charge in [-0.3, -0.25) is 14.6 Å². The van der Waals surface area contributed by atoms with Gasteiger partial charge < -0.3 is 18.8 Å².